The molecule has 0 bridgehead atoms. The Morgan fingerprint density at radius 1 is 1.12 bits per heavy atom. The smallest absolute Gasteiger partial charge is 0.325 e. The summed E-state index contributed by atoms with van der Waals surface area (Å²) in [4.78, 5) is 10.5. The van der Waals surface area contributed by atoms with Gasteiger partial charge >= 0.3 is 6.18 Å². The van der Waals surface area contributed by atoms with E-state index in [2.05, 4.69) is 10.0 Å². The van der Waals surface area contributed by atoms with Crippen molar-refractivity contribution in [3.63, 3.8) is 0 Å². The Kier molecular flexibility index (Phi) is 5.28. The molecule has 0 fully saturated rings. The summed E-state index contributed by atoms with van der Waals surface area (Å²) in [5.74, 6) is -0.362. The van der Waals surface area contributed by atoms with E-state index in [0.717, 1.165) is 18.2 Å². The lowest BCUT2D eigenvalue weighted by Gasteiger charge is -2.12. The highest BCUT2D eigenvalue weighted by molar-refractivity contribution is 7.92. The standard InChI is InChI=1S/C15H12ClF3N2O3S/c1-9(22)20-14-6-5-11(8-13(14)16)21-25(23,24)12-4-2-3-10(7-12)15(17,18)19/h2-8,21H,1H3,(H,20,22). The Bertz CT molecular complexity index is 914. The highest BCUT2D eigenvalue weighted by atomic mass is 35.5. The maximum Gasteiger partial charge on any atom is 0.416 e. The summed E-state index contributed by atoms with van der Waals surface area (Å²) < 4.78 is 64.8. The fourth-order valence-corrected chi connectivity index (χ4v) is 3.25. The van der Waals surface area contributed by atoms with Gasteiger partial charge in [0.05, 0.1) is 26.9 Å². The molecule has 10 heteroatoms. The molecule has 134 valence electrons. The van der Waals surface area contributed by atoms with Crippen LogP contribution in [0.15, 0.2) is 47.4 Å². The monoisotopic (exact) mass is 392 g/mol. The first-order chi connectivity index (χ1) is 11.5. The fraction of sp³-hybridized carbons (Fsp3) is 0.133. The number of hydrogen-bond donors (Lipinski definition) is 2. The van der Waals surface area contributed by atoms with E-state index in [1.54, 1.807) is 0 Å². The lowest BCUT2D eigenvalue weighted by atomic mass is 10.2. The third-order valence-corrected chi connectivity index (χ3v) is 4.70. The molecular weight excluding hydrogens is 381 g/mol. The van der Waals surface area contributed by atoms with E-state index in [1.165, 1.54) is 25.1 Å². The van der Waals surface area contributed by atoms with Gasteiger partial charge in [-0.1, -0.05) is 17.7 Å². The Balaban J connectivity index is 2.30. The first-order valence-electron chi connectivity index (χ1n) is 6.76. The normalized spacial score (nSPS) is 11.9. The maximum atomic E-state index is 12.7. The minimum Gasteiger partial charge on any atom is -0.325 e. The second-order valence-corrected chi connectivity index (χ2v) is 7.10. The van der Waals surface area contributed by atoms with Gasteiger partial charge in [0.25, 0.3) is 10.0 Å². The molecule has 2 rings (SSSR count). The number of nitrogens with one attached hydrogen (secondary N) is 2. The van der Waals surface area contributed by atoms with Crippen LogP contribution in [0, 0.1) is 0 Å². The van der Waals surface area contributed by atoms with E-state index in [0.29, 0.717) is 6.07 Å². The zero-order valence-corrected chi connectivity index (χ0v) is 14.3. The van der Waals surface area contributed by atoms with E-state index in [4.69, 9.17) is 11.6 Å². The minimum atomic E-state index is -4.66. The predicted molar refractivity (Wildman–Crippen MR) is 88.0 cm³/mol. The van der Waals surface area contributed by atoms with Crippen LogP contribution in [-0.2, 0) is 21.0 Å². The molecule has 0 aliphatic rings. The molecule has 2 N–H and O–H groups in total. The van der Waals surface area contributed by atoms with Crippen molar-refractivity contribution in [3.8, 4) is 0 Å². The fourth-order valence-electron chi connectivity index (χ4n) is 1.92. The second-order valence-electron chi connectivity index (χ2n) is 5.01. The molecule has 0 saturated carbocycles. The molecule has 0 saturated heterocycles. The Labute approximate surface area is 146 Å². The second kappa shape index (κ2) is 6.93. The van der Waals surface area contributed by atoms with Crippen molar-refractivity contribution >= 4 is 38.9 Å². The molecule has 0 aliphatic heterocycles. The van der Waals surface area contributed by atoms with Crippen molar-refractivity contribution in [1.82, 2.24) is 0 Å². The molecule has 0 unspecified atom stereocenters. The summed E-state index contributed by atoms with van der Waals surface area (Å²) in [6.07, 6.45) is -4.66. The number of carbonyl (C=O) groups excluding carboxylic acids is 1. The van der Waals surface area contributed by atoms with E-state index in [1.807, 2.05) is 0 Å². The SMILES string of the molecule is CC(=O)Nc1ccc(NS(=O)(=O)c2cccc(C(F)(F)F)c2)cc1Cl. The molecule has 5 nitrogen and oxygen atoms in total. The summed E-state index contributed by atoms with van der Waals surface area (Å²) in [7, 11) is -4.24. The molecule has 0 aromatic heterocycles. The lowest BCUT2D eigenvalue weighted by Crippen LogP contribution is -2.15. The number of sulfonamides is 1. The number of anilines is 2. The van der Waals surface area contributed by atoms with E-state index in [-0.39, 0.29) is 22.3 Å². The number of carbonyl (C=O) groups is 1. The quantitative estimate of drug-likeness (QED) is 0.821. The highest BCUT2D eigenvalue weighted by Crippen LogP contribution is 2.31. The summed E-state index contributed by atoms with van der Waals surface area (Å²) in [6.45, 7) is 1.28. The molecule has 0 spiro atoms. The molecule has 0 heterocycles. The number of rotatable bonds is 4. The van der Waals surface area contributed by atoms with Gasteiger partial charge in [-0.2, -0.15) is 13.2 Å². The van der Waals surface area contributed by atoms with Crippen molar-refractivity contribution in [2.24, 2.45) is 0 Å². The first kappa shape index (κ1) is 19.1. The van der Waals surface area contributed by atoms with Gasteiger partial charge in [0.15, 0.2) is 0 Å². The van der Waals surface area contributed by atoms with Gasteiger partial charge in [0.1, 0.15) is 0 Å². The molecular formula is C15H12ClF3N2O3S. The Morgan fingerprint density at radius 3 is 2.36 bits per heavy atom. The van der Waals surface area contributed by atoms with Crippen LogP contribution in [0.5, 0.6) is 0 Å². The van der Waals surface area contributed by atoms with Crippen molar-refractivity contribution in [3.05, 3.63) is 53.1 Å². The van der Waals surface area contributed by atoms with Crippen LogP contribution in [0.25, 0.3) is 0 Å². The molecule has 0 aliphatic carbocycles. The van der Waals surface area contributed by atoms with Gasteiger partial charge < -0.3 is 5.32 Å². The van der Waals surface area contributed by atoms with Crippen LogP contribution in [0.4, 0.5) is 24.5 Å². The number of halogens is 4. The molecule has 0 atom stereocenters. The third kappa shape index (κ3) is 4.86. The van der Waals surface area contributed by atoms with E-state index in [9.17, 15) is 26.4 Å². The van der Waals surface area contributed by atoms with Crippen LogP contribution >= 0.6 is 11.6 Å². The van der Waals surface area contributed by atoms with Crippen molar-refractivity contribution in [1.29, 1.82) is 0 Å². The van der Waals surface area contributed by atoms with Crippen LogP contribution in [0.2, 0.25) is 5.02 Å². The molecule has 2 aromatic rings. The van der Waals surface area contributed by atoms with Gasteiger partial charge in [-0.25, -0.2) is 8.42 Å². The number of benzene rings is 2. The molecule has 1 amide bonds. The lowest BCUT2D eigenvalue weighted by molar-refractivity contribution is -0.137. The largest absolute Gasteiger partial charge is 0.416 e. The number of alkyl halides is 3. The Morgan fingerprint density at radius 2 is 1.80 bits per heavy atom. The van der Waals surface area contributed by atoms with Crippen LogP contribution in [-0.4, -0.2) is 14.3 Å². The van der Waals surface area contributed by atoms with Gasteiger partial charge in [0.2, 0.25) is 5.91 Å². The summed E-state index contributed by atoms with van der Waals surface area (Å²) in [6, 6.07) is 7.29. The third-order valence-electron chi connectivity index (χ3n) is 3.00. The average molecular weight is 393 g/mol. The van der Waals surface area contributed by atoms with Crippen LogP contribution in [0.1, 0.15) is 12.5 Å². The summed E-state index contributed by atoms with van der Waals surface area (Å²) in [5.41, 5.74) is -0.762. The Hall–Kier alpha value is -2.26. The predicted octanol–water partition coefficient (Wildman–Crippen LogP) is 4.12. The van der Waals surface area contributed by atoms with Gasteiger partial charge in [-0.3, -0.25) is 9.52 Å². The molecule has 0 radical (unpaired) electrons. The van der Waals surface area contributed by atoms with Gasteiger partial charge in [0, 0.05) is 6.92 Å². The van der Waals surface area contributed by atoms with Gasteiger partial charge in [-0.15, -0.1) is 0 Å². The summed E-state index contributed by atoms with van der Waals surface area (Å²) >= 11 is 5.94. The van der Waals surface area contributed by atoms with Crippen molar-refractivity contribution in [2.75, 3.05) is 10.0 Å². The van der Waals surface area contributed by atoms with Crippen molar-refractivity contribution in [2.45, 2.75) is 18.0 Å². The van der Waals surface area contributed by atoms with E-state index < -0.39 is 26.7 Å². The molecule has 25 heavy (non-hydrogen) atoms. The first-order valence-corrected chi connectivity index (χ1v) is 8.62. The zero-order chi connectivity index (χ0) is 18.8. The zero-order valence-electron chi connectivity index (χ0n) is 12.7. The highest BCUT2D eigenvalue weighted by Gasteiger charge is 2.31. The molecule has 2 aromatic carbocycles. The topological polar surface area (TPSA) is 75.3 Å². The number of amides is 1. The van der Waals surface area contributed by atoms with Crippen LogP contribution < -0.4 is 10.0 Å². The average Bonchev–Trinajstić information content (AvgIpc) is 2.49. The van der Waals surface area contributed by atoms with Gasteiger partial charge in [-0.05, 0) is 36.4 Å². The van der Waals surface area contributed by atoms with E-state index >= 15 is 0 Å². The van der Waals surface area contributed by atoms with Crippen molar-refractivity contribution < 1.29 is 26.4 Å². The minimum absolute atomic E-state index is 0.0384. The summed E-state index contributed by atoms with van der Waals surface area (Å²) in [5, 5.41) is 2.51. The van der Waals surface area contributed by atoms with Crippen LogP contribution in [0.3, 0.4) is 0 Å². The maximum absolute atomic E-state index is 12.7. The number of hydrogen-bond acceptors (Lipinski definition) is 3.